The summed E-state index contributed by atoms with van der Waals surface area (Å²) < 4.78 is 11.2. The Hall–Kier alpha value is -3.45. The predicted octanol–water partition coefficient (Wildman–Crippen LogP) is 3.47. The van der Waals surface area contributed by atoms with Crippen molar-refractivity contribution in [1.29, 1.82) is 0 Å². The minimum absolute atomic E-state index is 0.265. The number of rotatable bonds is 8. The molecule has 1 aromatic heterocycles. The standard InChI is InChI=1S/C26H30N4O3/c1-32-23-9-5-10-24(33-2)22(23)16-30-12-6-11-26(17-30,25(27)31)13-19-7-3-4-8-21(19)20-14-28-18-29-15-20/h3-5,7-10,14-15,18H,6,11-13,16-17H2,1-2H3,(H2,27,31). The topological polar surface area (TPSA) is 90.6 Å². The van der Waals surface area contributed by atoms with E-state index < -0.39 is 5.41 Å². The second-order valence-electron chi connectivity index (χ2n) is 8.56. The van der Waals surface area contributed by atoms with Crippen molar-refractivity contribution < 1.29 is 14.3 Å². The van der Waals surface area contributed by atoms with Crippen molar-refractivity contribution in [2.24, 2.45) is 11.1 Å². The Morgan fingerprint density at radius 2 is 1.76 bits per heavy atom. The first-order valence-corrected chi connectivity index (χ1v) is 11.1. The molecule has 0 radical (unpaired) electrons. The van der Waals surface area contributed by atoms with Crippen molar-refractivity contribution in [1.82, 2.24) is 14.9 Å². The van der Waals surface area contributed by atoms with Gasteiger partial charge in [0.05, 0.1) is 25.2 Å². The van der Waals surface area contributed by atoms with E-state index in [-0.39, 0.29) is 5.91 Å². The third kappa shape index (κ3) is 4.83. The molecule has 2 N–H and O–H groups in total. The minimum atomic E-state index is -0.667. The van der Waals surface area contributed by atoms with Gasteiger partial charge in [-0.2, -0.15) is 0 Å². The predicted molar refractivity (Wildman–Crippen MR) is 127 cm³/mol. The Labute approximate surface area is 194 Å². The van der Waals surface area contributed by atoms with Crippen LogP contribution in [0.15, 0.2) is 61.2 Å². The summed E-state index contributed by atoms with van der Waals surface area (Å²) in [4.78, 5) is 23.5. The van der Waals surface area contributed by atoms with Gasteiger partial charge >= 0.3 is 0 Å². The molecule has 1 fully saturated rings. The van der Waals surface area contributed by atoms with Gasteiger partial charge in [-0.1, -0.05) is 30.3 Å². The summed E-state index contributed by atoms with van der Waals surface area (Å²) in [5.41, 5.74) is 9.41. The number of ether oxygens (including phenoxy) is 2. The van der Waals surface area contributed by atoms with Crippen LogP contribution in [0.5, 0.6) is 11.5 Å². The fourth-order valence-electron chi connectivity index (χ4n) is 4.86. The molecule has 33 heavy (non-hydrogen) atoms. The van der Waals surface area contributed by atoms with Crippen LogP contribution in [0.4, 0.5) is 0 Å². The molecule has 0 saturated carbocycles. The molecule has 1 amide bonds. The fourth-order valence-corrected chi connectivity index (χ4v) is 4.86. The molecule has 1 unspecified atom stereocenters. The highest BCUT2D eigenvalue weighted by Crippen LogP contribution is 2.38. The maximum absolute atomic E-state index is 12.9. The van der Waals surface area contributed by atoms with E-state index in [4.69, 9.17) is 15.2 Å². The summed E-state index contributed by atoms with van der Waals surface area (Å²) in [7, 11) is 3.32. The van der Waals surface area contributed by atoms with E-state index in [1.54, 1.807) is 26.6 Å². The maximum Gasteiger partial charge on any atom is 0.225 e. The average molecular weight is 447 g/mol. The number of primary amides is 1. The molecule has 1 saturated heterocycles. The Morgan fingerprint density at radius 3 is 2.42 bits per heavy atom. The molecule has 7 nitrogen and oxygen atoms in total. The molecule has 1 atom stereocenters. The van der Waals surface area contributed by atoms with Crippen LogP contribution >= 0.6 is 0 Å². The van der Waals surface area contributed by atoms with Crippen molar-refractivity contribution in [3.05, 3.63) is 72.3 Å². The van der Waals surface area contributed by atoms with Gasteiger partial charge in [0.15, 0.2) is 0 Å². The molecule has 7 heteroatoms. The van der Waals surface area contributed by atoms with Gasteiger partial charge < -0.3 is 15.2 Å². The number of nitrogens with two attached hydrogens (primary N) is 1. The van der Waals surface area contributed by atoms with E-state index >= 15 is 0 Å². The Balaban J connectivity index is 1.63. The van der Waals surface area contributed by atoms with Gasteiger partial charge in [-0.25, -0.2) is 9.97 Å². The van der Waals surface area contributed by atoms with Crippen LogP contribution in [0.1, 0.15) is 24.0 Å². The smallest absolute Gasteiger partial charge is 0.225 e. The van der Waals surface area contributed by atoms with Gasteiger partial charge in [0, 0.05) is 31.0 Å². The van der Waals surface area contributed by atoms with Crippen LogP contribution in [-0.2, 0) is 17.8 Å². The Kier molecular flexibility index (Phi) is 6.89. The van der Waals surface area contributed by atoms with Crippen molar-refractivity contribution in [3.63, 3.8) is 0 Å². The second-order valence-corrected chi connectivity index (χ2v) is 8.56. The molecule has 0 spiro atoms. The van der Waals surface area contributed by atoms with Crippen LogP contribution in [-0.4, -0.2) is 48.1 Å². The van der Waals surface area contributed by atoms with Gasteiger partial charge in [0.25, 0.3) is 0 Å². The molecule has 1 aliphatic rings. The lowest BCUT2D eigenvalue weighted by Crippen LogP contribution is -2.51. The highest BCUT2D eigenvalue weighted by Gasteiger charge is 2.41. The zero-order chi connectivity index (χ0) is 23.3. The first-order chi connectivity index (χ1) is 16.1. The van der Waals surface area contributed by atoms with E-state index in [2.05, 4.69) is 20.9 Å². The number of carbonyl (C=O) groups excluding carboxylic acids is 1. The van der Waals surface area contributed by atoms with Crippen LogP contribution < -0.4 is 15.2 Å². The van der Waals surface area contributed by atoms with Crippen molar-refractivity contribution in [2.75, 3.05) is 27.3 Å². The minimum Gasteiger partial charge on any atom is -0.496 e. The summed E-state index contributed by atoms with van der Waals surface area (Å²) in [5, 5.41) is 0. The highest BCUT2D eigenvalue weighted by atomic mass is 16.5. The van der Waals surface area contributed by atoms with Gasteiger partial charge in [-0.3, -0.25) is 9.69 Å². The quantitative estimate of drug-likeness (QED) is 0.570. The molecule has 4 rings (SSSR count). The molecule has 2 heterocycles. The first kappa shape index (κ1) is 22.7. The first-order valence-electron chi connectivity index (χ1n) is 11.1. The number of likely N-dealkylation sites (tertiary alicyclic amines) is 1. The van der Waals surface area contributed by atoms with E-state index in [9.17, 15) is 4.79 Å². The van der Waals surface area contributed by atoms with Gasteiger partial charge in [-0.05, 0) is 49.1 Å². The van der Waals surface area contributed by atoms with Gasteiger partial charge in [-0.15, -0.1) is 0 Å². The number of hydrogen-bond donors (Lipinski definition) is 1. The molecular formula is C26H30N4O3. The van der Waals surface area contributed by atoms with Crippen molar-refractivity contribution >= 4 is 5.91 Å². The Bertz CT molecular complexity index is 1080. The number of methoxy groups -OCH3 is 2. The SMILES string of the molecule is COc1cccc(OC)c1CN1CCCC(Cc2ccccc2-c2cncnc2)(C(N)=O)C1. The third-order valence-corrected chi connectivity index (χ3v) is 6.51. The number of aromatic nitrogens is 2. The number of carbonyl (C=O) groups is 1. The number of amides is 1. The Morgan fingerprint density at radius 1 is 1.06 bits per heavy atom. The molecule has 172 valence electrons. The van der Waals surface area contributed by atoms with Crippen molar-refractivity contribution in [3.8, 4) is 22.6 Å². The normalized spacial score (nSPS) is 18.6. The molecular weight excluding hydrogens is 416 g/mol. The lowest BCUT2D eigenvalue weighted by atomic mass is 9.73. The van der Waals surface area contributed by atoms with Crippen molar-refractivity contribution in [2.45, 2.75) is 25.8 Å². The van der Waals surface area contributed by atoms with Crippen LogP contribution in [0.25, 0.3) is 11.1 Å². The number of nitrogens with zero attached hydrogens (tertiary/aromatic N) is 3. The molecule has 3 aromatic rings. The largest absolute Gasteiger partial charge is 0.496 e. The number of hydrogen-bond acceptors (Lipinski definition) is 6. The summed E-state index contributed by atoms with van der Waals surface area (Å²) in [6.07, 6.45) is 7.31. The zero-order valence-corrected chi connectivity index (χ0v) is 19.2. The maximum atomic E-state index is 12.9. The van der Waals surface area contributed by atoms with Gasteiger partial charge in [0.1, 0.15) is 17.8 Å². The summed E-state index contributed by atoms with van der Waals surface area (Å²) in [5.74, 6) is 1.29. The third-order valence-electron chi connectivity index (χ3n) is 6.51. The van der Waals surface area contributed by atoms with Crippen LogP contribution in [0, 0.1) is 5.41 Å². The lowest BCUT2D eigenvalue weighted by molar-refractivity contribution is -0.131. The molecule has 2 aromatic carbocycles. The lowest BCUT2D eigenvalue weighted by Gasteiger charge is -2.41. The van der Waals surface area contributed by atoms with Gasteiger partial charge in [0.2, 0.25) is 5.91 Å². The van der Waals surface area contributed by atoms with Crippen LogP contribution in [0.3, 0.4) is 0 Å². The number of benzene rings is 2. The summed E-state index contributed by atoms with van der Waals surface area (Å²) in [6, 6.07) is 13.9. The highest BCUT2D eigenvalue weighted by molar-refractivity contribution is 5.82. The molecule has 0 bridgehead atoms. The molecule has 1 aliphatic heterocycles. The fraction of sp³-hybridized carbons (Fsp3) is 0.346. The zero-order valence-electron chi connectivity index (χ0n) is 19.2. The van der Waals surface area contributed by atoms with E-state index in [1.807, 2.05) is 36.4 Å². The van der Waals surface area contributed by atoms with E-state index in [1.165, 1.54) is 6.33 Å². The number of piperidine rings is 1. The van der Waals surface area contributed by atoms with Crippen LogP contribution in [0.2, 0.25) is 0 Å². The molecule has 0 aliphatic carbocycles. The average Bonchev–Trinajstić information content (AvgIpc) is 2.85. The monoisotopic (exact) mass is 446 g/mol. The summed E-state index contributed by atoms with van der Waals surface area (Å²) >= 11 is 0. The van der Waals surface area contributed by atoms with E-state index in [0.717, 1.165) is 53.1 Å². The second kappa shape index (κ2) is 10.0. The summed E-state index contributed by atoms with van der Waals surface area (Å²) in [6.45, 7) is 2.07. The van der Waals surface area contributed by atoms with E-state index in [0.29, 0.717) is 19.5 Å².